The Labute approximate surface area is 90.2 Å². The van der Waals surface area contributed by atoms with Crippen LogP contribution in [0, 0.1) is 5.92 Å². The number of nitrogens with two attached hydrogens (primary N) is 1. The second-order valence-electron chi connectivity index (χ2n) is 3.89. The number of benzene rings is 1. The summed E-state index contributed by atoms with van der Waals surface area (Å²) >= 11 is 0. The molecule has 1 saturated heterocycles. The molecule has 0 aromatic heterocycles. The standard InChI is InChI=1S/C12H17NO2/c13-7-10-1-3-12(4-2-10)15-9-11-5-6-14-8-11/h1-4,11H,5-9,13H2. The average molecular weight is 207 g/mol. The zero-order valence-corrected chi connectivity index (χ0v) is 8.82. The molecule has 1 aromatic carbocycles. The van der Waals surface area contributed by atoms with Crippen molar-refractivity contribution in [2.75, 3.05) is 19.8 Å². The largest absolute Gasteiger partial charge is 0.493 e. The molecule has 3 nitrogen and oxygen atoms in total. The third kappa shape index (κ3) is 2.94. The predicted molar refractivity (Wildman–Crippen MR) is 58.8 cm³/mol. The van der Waals surface area contributed by atoms with Gasteiger partial charge in [0.25, 0.3) is 0 Å². The smallest absolute Gasteiger partial charge is 0.119 e. The number of hydrogen-bond acceptors (Lipinski definition) is 3. The minimum atomic E-state index is 0.555. The fourth-order valence-electron chi connectivity index (χ4n) is 1.65. The summed E-state index contributed by atoms with van der Waals surface area (Å²) in [7, 11) is 0. The van der Waals surface area contributed by atoms with Gasteiger partial charge in [0.2, 0.25) is 0 Å². The summed E-state index contributed by atoms with van der Waals surface area (Å²) in [5.74, 6) is 1.47. The van der Waals surface area contributed by atoms with Crippen LogP contribution in [0.2, 0.25) is 0 Å². The second-order valence-corrected chi connectivity index (χ2v) is 3.89. The minimum absolute atomic E-state index is 0.555. The van der Waals surface area contributed by atoms with E-state index in [0.717, 1.165) is 37.6 Å². The fraction of sp³-hybridized carbons (Fsp3) is 0.500. The zero-order chi connectivity index (χ0) is 10.5. The molecule has 0 radical (unpaired) electrons. The molecular weight excluding hydrogens is 190 g/mol. The summed E-state index contributed by atoms with van der Waals surface area (Å²) < 4.78 is 11.0. The molecule has 0 saturated carbocycles. The van der Waals surface area contributed by atoms with Gasteiger partial charge in [-0.15, -0.1) is 0 Å². The van der Waals surface area contributed by atoms with Crippen LogP contribution in [0.1, 0.15) is 12.0 Å². The Morgan fingerprint density at radius 1 is 1.33 bits per heavy atom. The second kappa shape index (κ2) is 5.14. The highest BCUT2D eigenvalue weighted by molar-refractivity contribution is 5.27. The molecular formula is C12H17NO2. The van der Waals surface area contributed by atoms with Crippen molar-refractivity contribution >= 4 is 0 Å². The maximum atomic E-state index is 5.67. The molecule has 1 aliphatic heterocycles. The van der Waals surface area contributed by atoms with E-state index >= 15 is 0 Å². The van der Waals surface area contributed by atoms with Crippen LogP contribution in [0.25, 0.3) is 0 Å². The normalized spacial score (nSPS) is 20.5. The Bertz CT molecular complexity index is 291. The maximum absolute atomic E-state index is 5.67. The van der Waals surface area contributed by atoms with Gasteiger partial charge in [0, 0.05) is 19.1 Å². The van der Waals surface area contributed by atoms with Crippen LogP contribution in [0.15, 0.2) is 24.3 Å². The summed E-state index contributed by atoms with van der Waals surface area (Å²) in [4.78, 5) is 0. The Balaban J connectivity index is 1.82. The summed E-state index contributed by atoms with van der Waals surface area (Å²) in [6.45, 7) is 3.04. The monoisotopic (exact) mass is 207 g/mol. The highest BCUT2D eigenvalue weighted by Gasteiger charge is 2.15. The van der Waals surface area contributed by atoms with E-state index in [2.05, 4.69) is 0 Å². The third-order valence-corrected chi connectivity index (χ3v) is 2.67. The summed E-state index contributed by atoms with van der Waals surface area (Å²) in [5, 5.41) is 0. The first kappa shape index (κ1) is 10.5. The molecule has 82 valence electrons. The molecule has 0 amide bonds. The van der Waals surface area contributed by atoms with Gasteiger partial charge in [-0.1, -0.05) is 12.1 Å². The van der Waals surface area contributed by atoms with Gasteiger partial charge < -0.3 is 15.2 Å². The van der Waals surface area contributed by atoms with Crippen molar-refractivity contribution < 1.29 is 9.47 Å². The van der Waals surface area contributed by atoms with Crippen LogP contribution < -0.4 is 10.5 Å². The van der Waals surface area contributed by atoms with Crippen LogP contribution in [-0.4, -0.2) is 19.8 Å². The van der Waals surface area contributed by atoms with Crippen molar-refractivity contribution in [3.05, 3.63) is 29.8 Å². The van der Waals surface area contributed by atoms with Gasteiger partial charge in [0.15, 0.2) is 0 Å². The Morgan fingerprint density at radius 3 is 2.73 bits per heavy atom. The highest BCUT2D eigenvalue weighted by atomic mass is 16.5. The van der Waals surface area contributed by atoms with Crippen molar-refractivity contribution in [1.82, 2.24) is 0 Å². The van der Waals surface area contributed by atoms with E-state index in [1.165, 1.54) is 0 Å². The van der Waals surface area contributed by atoms with Crippen molar-refractivity contribution in [1.29, 1.82) is 0 Å². The van der Waals surface area contributed by atoms with Crippen LogP contribution in [0.4, 0.5) is 0 Å². The van der Waals surface area contributed by atoms with Gasteiger partial charge in [0.05, 0.1) is 13.2 Å². The number of ether oxygens (including phenoxy) is 2. The quantitative estimate of drug-likeness (QED) is 0.815. The Kier molecular flexibility index (Phi) is 3.59. The molecule has 1 aliphatic rings. The lowest BCUT2D eigenvalue weighted by Crippen LogP contribution is -2.11. The fourth-order valence-corrected chi connectivity index (χ4v) is 1.65. The van der Waals surface area contributed by atoms with E-state index in [0.29, 0.717) is 12.5 Å². The Hall–Kier alpha value is -1.06. The third-order valence-electron chi connectivity index (χ3n) is 2.67. The van der Waals surface area contributed by atoms with Crippen LogP contribution in [0.3, 0.4) is 0 Å². The molecule has 1 unspecified atom stereocenters. The van der Waals surface area contributed by atoms with Gasteiger partial charge >= 0.3 is 0 Å². The van der Waals surface area contributed by atoms with E-state index < -0.39 is 0 Å². The van der Waals surface area contributed by atoms with Crippen molar-refractivity contribution in [3.8, 4) is 5.75 Å². The lowest BCUT2D eigenvalue weighted by molar-refractivity contribution is 0.167. The van der Waals surface area contributed by atoms with Crippen LogP contribution in [-0.2, 0) is 11.3 Å². The van der Waals surface area contributed by atoms with Crippen molar-refractivity contribution in [3.63, 3.8) is 0 Å². The molecule has 2 rings (SSSR count). The summed E-state index contributed by atoms with van der Waals surface area (Å²) in [5.41, 5.74) is 6.65. The van der Waals surface area contributed by atoms with E-state index in [1.807, 2.05) is 24.3 Å². The molecule has 1 aromatic rings. The van der Waals surface area contributed by atoms with Crippen molar-refractivity contribution in [2.45, 2.75) is 13.0 Å². The molecule has 1 atom stereocenters. The maximum Gasteiger partial charge on any atom is 0.119 e. The molecule has 3 heteroatoms. The Morgan fingerprint density at radius 2 is 2.13 bits per heavy atom. The van der Waals surface area contributed by atoms with E-state index in [1.54, 1.807) is 0 Å². The minimum Gasteiger partial charge on any atom is -0.493 e. The van der Waals surface area contributed by atoms with Gasteiger partial charge in [-0.05, 0) is 24.1 Å². The molecule has 1 heterocycles. The lowest BCUT2D eigenvalue weighted by Gasteiger charge is -2.10. The van der Waals surface area contributed by atoms with Gasteiger partial charge in [0.1, 0.15) is 5.75 Å². The predicted octanol–water partition coefficient (Wildman–Crippen LogP) is 1.56. The first-order chi connectivity index (χ1) is 7.38. The average Bonchev–Trinajstić information content (AvgIpc) is 2.80. The summed E-state index contributed by atoms with van der Waals surface area (Å²) in [6, 6.07) is 7.94. The number of hydrogen-bond donors (Lipinski definition) is 1. The first-order valence-electron chi connectivity index (χ1n) is 5.38. The van der Waals surface area contributed by atoms with Crippen molar-refractivity contribution in [2.24, 2.45) is 11.7 Å². The molecule has 0 aliphatic carbocycles. The van der Waals surface area contributed by atoms with Gasteiger partial charge in [-0.3, -0.25) is 0 Å². The topological polar surface area (TPSA) is 44.5 Å². The van der Waals surface area contributed by atoms with E-state index in [9.17, 15) is 0 Å². The zero-order valence-electron chi connectivity index (χ0n) is 8.82. The molecule has 15 heavy (non-hydrogen) atoms. The summed E-state index contributed by atoms with van der Waals surface area (Å²) in [6.07, 6.45) is 1.11. The SMILES string of the molecule is NCc1ccc(OCC2CCOC2)cc1. The first-order valence-corrected chi connectivity index (χ1v) is 5.38. The molecule has 0 spiro atoms. The lowest BCUT2D eigenvalue weighted by atomic mass is 10.1. The molecule has 2 N–H and O–H groups in total. The van der Waals surface area contributed by atoms with E-state index in [-0.39, 0.29) is 0 Å². The van der Waals surface area contributed by atoms with E-state index in [4.69, 9.17) is 15.2 Å². The van der Waals surface area contributed by atoms with Gasteiger partial charge in [-0.25, -0.2) is 0 Å². The highest BCUT2D eigenvalue weighted by Crippen LogP contribution is 2.16. The molecule has 0 bridgehead atoms. The van der Waals surface area contributed by atoms with Gasteiger partial charge in [-0.2, -0.15) is 0 Å². The molecule has 1 fully saturated rings. The van der Waals surface area contributed by atoms with Crippen LogP contribution in [0.5, 0.6) is 5.75 Å². The van der Waals surface area contributed by atoms with Crippen LogP contribution >= 0.6 is 0 Å². The number of rotatable bonds is 4.